The van der Waals surface area contributed by atoms with E-state index in [9.17, 15) is 48.5 Å². The maximum absolute atomic E-state index is 12.5. The van der Waals surface area contributed by atoms with E-state index < -0.39 is 91.3 Å². The van der Waals surface area contributed by atoms with Crippen molar-refractivity contribution >= 4 is 57.6 Å². The van der Waals surface area contributed by atoms with Crippen molar-refractivity contribution in [1.82, 2.24) is 34.1 Å². The van der Waals surface area contributed by atoms with Crippen LogP contribution in [0, 0.1) is 0 Å². The van der Waals surface area contributed by atoms with Gasteiger partial charge in [0.1, 0.15) is 48.5 Å². The van der Waals surface area contributed by atoms with Crippen LogP contribution in [0.15, 0.2) is 23.8 Å². The summed E-state index contributed by atoms with van der Waals surface area (Å²) in [6.45, 7) is -2.08. The van der Waals surface area contributed by atoms with Crippen molar-refractivity contribution in [1.29, 1.82) is 0 Å². The fourth-order valence-electron chi connectivity index (χ4n) is 5.59. The number of H-pyrrole nitrogens is 1. The number of imidazole rings is 2. The second-order valence-corrected chi connectivity index (χ2v) is 15.9. The molecule has 52 heavy (non-hydrogen) atoms. The molecule has 0 aliphatic carbocycles. The Morgan fingerprint density at radius 3 is 2.40 bits per heavy atom. The van der Waals surface area contributed by atoms with Crippen LogP contribution in [-0.4, -0.2) is 116 Å². The first kappa shape index (κ1) is 38.4. The number of aromatic amines is 1. The Morgan fingerprint density at radius 2 is 1.69 bits per heavy atom. The number of aliphatic hydroxyl groups is 3. The van der Waals surface area contributed by atoms with E-state index >= 15 is 0 Å². The molecule has 2 aliphatic rings. The Bertz CT molecular complexity index is 2180. The van der Waals surface area contributed by atoms with Gasteiger partial charge in [0.25, 0.3) is 19.3 Å². The highest BCUT2D eigenvalue weighted by Crippen LogP contribution is 2.66. The summed E-state index contributed by atoms with van der Waals surface area (Å²) in [6.07, 6.45) is -8.14. The first-order valence-corrected chi connectivity index (χ1v) is 19.0. The van der Waals surface area contributed by atoms with E-state index in [0.29, 0.717) is 0 Å². The van der Waals surface area contributed by atoms with Crippen LogP contribution < -0.4 is 26.5 Å². The number of aliphatic hydroxyl groups excluding tert-OH is 3. The first-order valence-electron chi connectivity index (χ1n) is 14.6. The molecule has 286 valence electrons. The molecule has 0 spiro atoms. The molecular weight excluding hydrogens is 769 g/mol. The lowest BCUT2D eigenvalue weighted by Gasteiger charge is -2.26. The minimum Gasteiger partial charge on any atom is -0.756 e. The number of nitrogens with two attached hydrogens (primary N) is 2. The number of ether oxygens (including phenoxy) is 3. The molecule has 3 unspecified atom stereocenters. The number of hydrogen-bond acceptors (Lipinski definition) is 21. The van der Waals surface area contributed by atoms with Gasteiger partial charge in [0.15, 0.2) is 24.0 Å². The number of aromatic nitrogens is 8. The fraction of sp³-hybridized carbons (Fsp3) is 0.545. The number of methoxy groups -OCH3 is 1. The highest BCUT2D eigenvalue weighted by molar-refractivity contribution is 7.66. The van der Waals surface area contributed by atoms with E-state index in [-0.39, 0.29) is 34.1 Å². The van der Waals surface area contributed by atoms with Crippen LogP contribution in [0.1, 0.15) is 12.5 Å². The van der Waals surface area contributed by atoms with Crippen LogP contribution in [0.2, 0.25) is 0 Å². The van der Waals surface area contributed by atoms with Crippen molar-refractivity contribution in [2.45, 2.75) is 49.1 Å². The van der Waals surface area contributed by atoms with Gasteiger partial charge in [-0.25, -0.2) is 33.0 Å². The smallest absolute Gasteiger partial charge is 0.487 e. The monoisotopic (exact) mass is 800 g/mol. The minimum absolute atomic E-state index is 0.0144. The SMILES string of the molecule is CO[C@@H]1[C@H](O)[C@@H](COP(=O)(O)OP(=O)(O)OP(=O)([O-])OC[C@H]2O[C@@H]([n+]3cn(C)c4c(=O)[nH]c(N)nc43)[C@H](O)[C@@H]2O)O[C@H]1n1cnc2c(N)ncnc21. The number of phosphoric acid groups is 3. The molecule has 27 nitrogen and oxygen atoms in total. The van der Waals surface area contributed by atoms with Gasteiger partial charge in [-0.3, -0.25) is 28.0 Å². The number of fused-ring (bicyclic) bond motifs is 2. The van der Waals surface area contributed by atoms with Gasteiger partial charge >= 0.3 is 21.3 Å². The van der Waals surface area contributed by atoms with Gasteiger partial charge in [-0.2, -0.15) is 4.31 Å². The molecule has 6 heterocycles. The van der Waals surface area contributed by atoms with Crippen molar-refractivity contribution in [3.05, 3.63) is 29.3 Å². The highest BCUT2D eigenvalue weighted by Gasteiger charge is 2.49. The van der Waals surface area contributed by atoms with Gasteiger partial charge < -0.3 is 60.2 Å². The van der Waals surface area contributed by atoms with E-state index in [2.05, 4.69) is 42.6 Å². The summed E-state index contributed by atoms with van der Waals surface area (Å²) in [5.41, 5.74) is 11.1. The molecule has 2 saturated heterocycles. The zero-order valence-corrected chi connectivity index (χ0v) is 29.2. The van der Waals surface area contributed by atoms with Gasteiger partial charge in [0, 0.05) is 7.11 Å². The number of nitrogens with zero attached hydrogens (tertiary/aromatic N) is 7. The topological polar surface area (TPSA) is 390 Å². The average molecular weight is 800 g/mol. The molecule has 0 radical (unpaired) electrons. The van der Waals surface area contributed by atoms with Crippen molar-refractivity contribution in [3.63, 3.8) is 0 Å². The van der Waals surface area contributed by atoms with Gasteiger partial charge in [-0.1, -0.05) is 4.98 Å². The number of nitrogens with one attached hydrogen (secondary N) is 1. The maximum atomic E-state index is 12.5. The van der Waals surface area contributed by atoms with Gasteiger partial charge in [-0.05, 0) is 0 Å². The van der Waals surface area contributed by atoms with Crippen LogP contribution >= 0.6 is 23.5 Å². The van der Waals surface area contributed by atoms with Crippen LogP contribution in [0.4, 0.5) is 11.8 Å². The molecule has 2 aliphatic heterocycles. The van der Waals surface area contributed by atoms with Crippen molar-refractivity contribution in [2.75, 3.05) is 31.8 Å². The summed E-state index contributed by atoms with van der Waals surface area (Å²) in [5.74, 6) is -0.224. The van der Waals surface area contributed by atoms with E-state index in [1.54, 1.807) is 0 Å². The summed E-state index contributed by atoms with van der Waals surface area (Å²) >= 11 is 0. The summed E-state index contributed by atoms with van der Waals surface area (Å²) in [5, 5.41) is 31.9. The van der Waals surface area contributed by atoms with Crippen LogP contribution in [0.5, 0.6) is 0 Å². The quantitative estimate of drug-likeness (QED) is 0.0474. The summed E-state index contributed by atoms with van der Waals surface area (Å²) in [6, 6.07) is 0. The second-order valence-electron chi connectivity index (χ2n) is 11.3. The molecular formula is C22H31N10O17P3. The molecule has 10 N–H and O–H groups in total. The molecule has 0 amide bonds. The second kappa shape index (κ2) is 14.1. The summed E-state index contributed by atoms with van der Waals surface area (Å²) in [4.78, 5) is 63.1. The van der Waals surface area contributed by atoms with E-state index in [1.165, 1.54) is 35.9 Å². The zero-order valence-electron chi connectivity index (χ0n) is 26.5. The fourth-order valence-corrected chi connectivity index (χ4v) is 9.08. The Balaban J connectivity index is 1.05. The van der Waals surface area contributed by atoms with E-state index in [0.717, 1.165) is 10.9 Å². The zero-order chi connectivity index (χ0) is 37.9. The van der Waals surface area contributed by atoms with Gasteiger partial charge in [0.2, 0.25) is 11.7 Å². The van der Waals surface area contributed by atoms with Gasteiger partial charge in [-0.15, -0.1) is 0 Å². The molecule has 0 aromatic carbocycles. The third-order valence-electron chi connectivity index (χ3n) is 7.86. The Morgan fingerprint density at radius 1 is 1.00 bits per heavy atom. The lowest BCUT2D eigenvalue weighted by atomic mass is 10.1. The minimum atomic E-state index is -6.01. The molecule has 6 rings (SSSR count). The molecule has 4 aromatic heterocycles. The van der Waals surface area contributed by atoms with Crippen LogP contribution in [0.3, 0.4) is 0 Å². The molecule has 4 aromatic rings. The lowest BCUT2D eigenvalue weighted by Crippen LogP contribution is -2.46. The highest BCUT2D eigenvalue weighted by atomic mass is 31.3. The van der Waals surface area contributed by atoms with Crippen LogP contribution in [-0.2, 0) is 52.6 Å². The predicted molar refractivity (Wildman–Crippen MR) is 164 cm³/mol. The third-order valence-corrected chi connectivity index (χ3v) is 12.1. The maximum Gasteiger partial charge on any atom is 0.487 e. The normalized spacial score (nSPS) is 30.1. The number of aryl methyl sites for hydroxylation is 1. The number of anilines is 2. The van der Waals surface area contributed by atoms with E-state index in [1.807, 2.05) is 0 Å². The van der Waals surface area contributed by atoms with Crippen molar-refractivity contribution < 1.29 is 80.1 Å². The number of hydrogen-bond donors (Lipinski definition) is 8. The lowest BCUT2D eigenvalue weighted by molar-refractivity contribution is -0.745. The first-order chi connectivity index (χ1) is 24.3. The van der Waals surface area contributed by atoms with Gasteiger partial charge in [0.05, 0.1) is 26.6 Å². The molecule has 2 fully saturated rings. The summed E-state index contributed by atoms with van der Waals surface area (Å²) in [7, 11) is -14.9. The number of phosphoric ester groups is 2. The van der Waals surface area contributed by atoms with Crippen molar-refractivity contribution in [2.24, 2.45) is 7.05 Å². The molecule has 30 heteroatoms. The van der Waals surface area contributed by atoms with Crippen molar-refractivity contribution in [3.8, 4) is 0 Å². The Labute approximate surface area is 289 Å². The largest absolute Gasteiger partial charge is 0.756 e. The van der Waals surface area contributed by atoms with E-state index in [4.69, 9.17) is 25.7 Å². The molecule has 0 bridgehead atoms. The summed E-state index contributed by atoms with van der Waals surface area (Å²) < 4.78 is 75.0. The van der Waals surface area contributed by atoms with Crippen LogP contribution in [0.25, 0.3) is 22.3 Å². The number of rotatable bonds is 13. The standard InChI is InChI=1S/C22H31N10O17P3/c1-30-7-32(18-11(30)19(36)29-22(24)28-18)20-14(35)12(33)8(46-20)3-44-50(37,38)48-52(41,42)49-51(39,40)45-4-9-13(34)15(43-2)21(47-9)31-6-27-10-16(23)25-5-26-17(10)31/h5-9,12-15,20-21,33-35H,3-4H2,1-2H3,(H7-,23,24,25,26,28,29,36,37,38,39,40,41,42)/t8-,9-,12-,13-,14-,15-,20-,21-/m1/s1. The number of nitrogen functional groups attached to an aromatic ring is 2. The molecule has 0 saturated carbocycles. The average Bonchev–Trinajstić information content (AvgIpc) is 3.77. The predicted octanol–water partition coefficient (Wildman–Crippen LogP) is -3.82. The Kier molecular flexibility index (Phi) is 10.4. The molecule has 11 atom stereocenters. The Hall–Kier alpha value is -3.33. The third kappa shape index (κ3) is 7.53.